The van der Waals surface area contributed by atoms with Gasteiger partial charge in [0.05, 0.1) is 12.0 Å². The fourth-order valence-electron chi connectivity index (χ4n) is 3.43. The summed E-state index contributed by atoms with van der Waals surface area (Å²) < 4.78 is 2.47. The molecule has 0 bridgehead atoms. The van der Waals surface area contributed by atoms with Gasteiger partial charge in [-0.05, 0) is 47.4 Å². The third kappa shape index (κ3) is 4.95. The van der Waals surface area contributed by atoms with Gasteiger partial charge >= 0.3 is 0 Å². The maximum atomic E-state index is 4.93. The first-order chi connectivity index (χ1) is 12.5. The van der Waals surface area contributed by atoms with E-state index in [-0.39, 0.29) is 8.07 Å². The highest BCUT2D eigenvalue weighted by molar-refractivity contribution is 7.61. The number of anilines is 1. The number of aliphatic imine (C=N–C) groups is 1. The van der Waals surface area contributed by atoms with Crippen molar-refractivity contribution in [3.63, 3.8) is 0 Å². The molecule has 0 saturated heterocycles. The molecule has 2 aromatic rings. The monoisotopic (exact) mass is 368 g/mol. The lowest BCUT2D eigenvalue weighted by molar-refractivity contribution is 0.999. The van der Waals surface area contributed by atoms with Crippen molar-refractivity contribution in [2.45, 2.75) is 65.7 Å². The number of para-hydroxylation sites is 2. The number of nitrogens with zero attached hydrogens (tertiary/aromatic N) is 2. The molecule has 0 aromatic heterocycles. The lowest BCUT2D eigenvalue weighted by Gasteiger charge is -2.37. The molecule has 0 aliphatic carbocycles. The molecule has 2 rings (SSSR count). The molecule has 0 N–H and O–H groups in total. The summed E-state index contributed by atoms with van der Waals surface area (Å²) in [6.45, 7) is 13.8. The van der Waals surface area contributed by atoms with Crippen LogP contribution in [0.25, 0.3) is 0 Å². The minimum Gasteiger partial charge on any atom is -0.310 e. The van der Waals surface area contributed by atoms with Gasteiger partial charge in [0.2, 0.25) is 0 Å². The van der Waals surface area contributed by atoms with E-state index in [4.69, 9.17) is 4.99 Å². The van der Waals surface area contributed by atoms with Crippen molar-refractivity contribution >= 4 is 25.8 Å². The average Bonchev–Trinajstić information content (AvgIpc) is 2.64. The van der Waals surface area contributed by atoms with Crippen LogP contribution in [0.2, 0.25) is 0 Å². The van der Waals surface area contributed by atoms with Crippen molar-refractivity contribution in [3.8, 4) is 0 Å². The minimum atomic E-state index is -0.366. The van der Waals surface area contributed by atoms with Gasteiger partial charge in [-0.3, -0.25) is 0 Å². The molecule has 0 spiro atoms. The van der Waals surface area contributed by atoms with E-state index in [1.807, 2.05) is 0 Å². The second kappa shape index (κ2) is 9.88. The van der Waals surface area contributed by atoms with Crippen LogP contribution in [0.15, 0.2) is 53.5 Å². The van der Waals surface area contributed by atoms with E-state index in [1.165, 1.54) is 16.8 Å². The number of hydrogen-bond donors (Lipinski definition) is 0. The second-order valence-electron chi connectivity index (χ2n) is 7.12. The van der Waals surface area contributed by atoms with Crippen LogP contribution in [0.1, 0.15) is 52.7 Å². The molecule has 2 nitrogen and oxygen atoms in total. The van der Waals surface area contributed by atoms with Crippen LogP contribution in [0.5, 0.6) is 0 Å². The van der Waals surface area contributed by atoms with Crippen LogP contribution >= 0.6 is 8.07 Å². The number of hydrogen-bond acceptors (Lipinski definition) is 1. The molecule has 0 atom stereocenters. The molecule has 0 aliphatic rings. The molecule has 0 unspecified atom stereocenters. The van der Waals surface area contributed by atoms with Crippen LogP contribution in [0, 0.1) is 0 Å². The third-order valence-electron chi connectivity index (χ3n) is 4.61. The van der Waals surface area contributed by atoms with Crippen molar-refractivity contribution in [2.24, 2.45) is 4.99 Å². The maximum Gasteiger partial charge on any atom is 0.0990 e. The van der Waals surface area contributed by atoms with Gasteiger partial charge in [0.25, 0.3) is 0 Å². The predicted molar refractivity (Wildman–Crippen MR) is 119 cm³/mol. The van der Waals surface area contributed by atoms with Gasteiger partial charge in [-0.2, -0.15) is 0 Å². The van der Waals surface area contributed by atoms with Crippen LogP contribution in [0.4, 0.5) is 11.4 Å². The van der Waals surface area contributed by atoms with E-state index < -0.39 is 0 Å². The molecule has 0 saturated carbocycles. The molecular formula is C23H33N2P. The molecule has 140 valence electrons. The van der Waals surface area contributed by atoms with Crippen molar-refractivity contribution in [2.75, 3.05) is 4.67 Å². The van der Waals surface area contributed by atoms with E-state index in [2.05, 4.69) is 101 Å². The molecule has 0 amide bonds. The van der Waals surface area contributed by atoms with Crippen LogP contribution in [-0.2, 0) is 12.8 Å². The summed E-state index contributed by atoms with van der Waals surface area (Å²) in [4.78, 5) is 4.93. The Morgan fingerprint density at radius 1 is 0.846 bits per heavy atom. The fraction of sp³-hybridized carbons (Fsp3) is 0.435. The normalized spacial score (nSPS) is 11.9. The second-order valence-corrected chi connectivity index (χ2v) is 10.4. The van der Waals surface area contributed by atoms with Crippen molar-refractivity contribution < 1.29 is 0 Å². The van der Waals surface area contributed by atoms with E-state index >= 15 is 0 Å². The summed E-state index contributed by atoms with van der Waals surface area (Å²) in [5.41, 5.74) is 6.27. The molecule has 0 radical (unpaired) electrons. The Labute approximate surface area is 161 Å². The Morgan fingerprint density at radius 2 is 1.38 bits per heavy atom. The van der Waals surface area contributed by atoms with Gasteiger partial charge in [-0.25, -0.2) is 4.99 Å². The van der Waals surface area contributed by atoms with Gasteiger partial charge in [0.15, 0.2) is 0 Å². The van der Waals surface area contributed by atoms with Crippen LogP contribution in [-0.4, -0.2) is 17.7 Å². The zero-order valence-corrected chi connectivity index (χ0v) is 18.0. The molecule has 0 heterocycles. The highest BCUT2D eigenvalue weighted by atomic mass is 31.1. The van der Waals surface area contributed by atoms with Gasteiger partial charge in [-0.1, -0.05) is 77.9 Å². The average molecular weight is 369 g/mol. The van der Waals surface area contributed by atoms with E-state index in [0.29, 0.717) is 11.3 Å². The van der Waals surface area contributed by atoms with Crippen LogP contribution in [0.3, 0.4) is 0 Å². The van der Waals surface area contributed by atoms with Gasteiger partial charge in [0, 0.05) is 13.8 Å². The predicted octanol–water partition coefficient (Wildman–Crippen LogP) is 7.19. The summed E-state index contributed by atoms with van der Waals surface area (Å²) in [6.07, 6.45) is 4.13. The lowest BCUT2D eigenvalue weighted by atomic mass is 10.1. The Morgan fingerprint density at radius 3 is 1.96 bits per heavy atom. The lowest BCUT2D eigenvalue weighted by Crippen LogP contribution is -2.24. The minimum absolute atomic E-state index is 0.366. The molecular weight excluding hydrogens is 335 g/mol. The number of benzene rings is 2. The zero-order chi connectivity index (χ0) is 19.1. The standard InChI is InChI=1S/C23H33N2P/c1-7-20-13-9-11-15-22(20)24-17-25(26(18(3)4)19(5)6)23-16-12-10-14-21(23)8-2/h9-19H,7-8H2,1-6H3. The highest BCUT2D eigenvalue weighted by Crippen LogP contribution is 2.51. The summed E-state index contributed by atoms with van der Waals surface area (Å²) in [5, 5.41) is 0. The largest absolute Gasteiger partial charge is 0.310 e. The fourth-order valence-corrected chi connectivity index (χ4v) is 6.23. The Balaban J connectivity index is 2.51. The molecule has 0 fully saturated rings. The molecule has 26 heavy (non-hydrogen) atoms. The van der Waals surface area contributed by atoms with Crippen molar-refractivity contribution in [3.05, 3.63) is 59.7 Å². The molecule has 2 aromatic carbocycles. The van der Waals surface area contributed by atoms with Crippen molar-refractivity contribution in [1.29, 1.82) is 0 Å². The van der Waals surface area contributed by atoms with Gasteiger partial charge < -0.3 is 4.67 Å². The summed E-state index contributed by atoms with van der Waals surface area (Å²) in [7, 11) is -0.366. The first kappa shape index (κ1) is 20.6. The first-order valence-electron chi connectivity index (χ1n) is 9.77. The third-order valence-corrected chi connectivity index (χ3v) is 7.54. The topological polar surface area (TPSA) is 15.6 Å². The zero-order valence-electron chi connectivity index (χ0n) is 17.1. The Hall–Kier alpha value is -1.66. The summed E-state index contributed by atoms with van der Waals surface area (Å²) in [5.74, 6) is 0. The van der Waals surface area contributed by atoms with Gasteiger partial charge in [-0.15, -0.1) is 0 Å². The maximum absolute atomic E-state index is 4.93. The number of rotatable bonds is 8. The first-order valence-corrected chi connectivity index (χ1v) is 11.2. The SMILES string of the molecule is CCc1ccccc1N=CN(c1ccccc1CC)P(C(C)C)C(C)C. The van der Waals surface area contributed by atoms with Crippen LogP contribution < -0.4 is 4.67 Å². The highest BCUT2D eigenvalue weighted by Gasteiger charge is 2.25. The van der Waals surface area contributed by atoms with Crippen molar-refractivity contribution in [1.82, 2.24) is 0 Å². The summed E-state index contributed by atoms with van der Waals surface area (Å²) >= 11 is 0. The Bertz CT molecular complexity index is 714. The number of aryl methyl sites for hydroxylation is 2. The molecule has 0 aliphatic heterocycles. The van der Waals surface area contributed by atoms with Gasteiger partial charge in [0.1, 0.15) is 0 Å². The smallest absolute Gasteiger partial charge is 0.0990 e. The quantitative estimate of drug-likeness (QED) is 0.273. The van der Waals surface area contributed by atoms with E-state index in [9.17, 15) is 0 Å². The molecule has 3 heteroatoms. The summed E-state index contributed by atoms with van der Waals surface area (Å²) in [6, 6.07) is 17.2. The van der Waals surface area contributed by atoms with E-state index in [0.717, 1.165) is 18.5 Å². The van der Waals surface area contributed by atoms with E-state index in [1.54, 1.807) is 0 Å². The Kier molecular flexibility index (Phi) is 7.85.